The van der Waals surface area contributed by atoms with Crippen LogP contribution in [0.1, 0.15) is 28.7 Å². The summed E-state index contributed by atoms with van der Waals surface area (Å²) in [6.07, 6.45) is 2.64. The van der Waals surface area contributed by atoms with Gasteiger partial charge in [0.05, 0.1) is 0 Å². The van der Waals surface area contributed by atoms with Gasteiger partial charge in [-0.3, -0.25) is 4.79 Å². The first-order valence-electron chi connectivity index (χ1n) is 8.44. The number of hydrogen-bond donors (Lipinski definition) is 1. The van der Waals surface area contributed by atoms with Crippen molar-refractivity contribution >= 4 is 5.91 Å². The zero-order valence-corrected chi connectivity index (χ0v) is 14.6. The molecule has 1 aromatic heterocycles. The molecule has 0 bridgehead atoms. The number of nitrogens with one attached hydrogen (secondary N) is 1. The van der Waals surface area contributed by atoms with Gasteiger partial charge >= 0.3 is 0 Å². The lowest BCUT2D eigenvalue weighted by Crippen LogP contribution is -2.23. The summed E-state index contributed by atoms with van der Waals surface area (Å²) in [5.74, 6) is 0.0247. The third kappa shape index (κ3) is 4.57. The van der Waals surface area contributed by atoms with Crippen LogP contribution in [0.3, 0.4) is 0 Å². The van der Waals surface area contributed by atoms with E-state index >= 15 is 0 Å². The second-order valence-corrected chi connectivity index (χ2v) is 6.32. The maximum atomic E-state index is 12.1. The van der Waals surface area contributed by atoms with E-state index in [2.05, 4.69) is 10.5 Å². The Morgan fingerprint density at radius 1 is 1.00 bits per heavy atom. The number of hydrogen-bond acceptors (Lipinski definition) is 3. The van der Waals surface area contributed by atoms with E-state index in [1.54, 1.807) is 6.26 Å². The van der Waals surface area contributed by atoms with Gasteiger partial charge in [-0.25, -0.2) is 0 Å². The lowest BCUT2D eigenvalue weighted by molar-refractivity contribution is -0.121. The fourth-order valence-corrected chi connectivity index (χ4v) is 2.63. The number of aromatic nitrogens is 1. The molecular weight excluding hydrogens is 312 g/mol. The van der Waals surface area contributed by atoms with Gasteiger partial charge in [0.2, 0.25) is 5.91 Å². The van der Waals surface area contributed by atoms with Crippen LogP contribution in [0.15, 0.2) is 59.3 Å². The molecule has 3 rings (SSSR count). The summed E-state index contributed by atoms with van der Waals surface area (Å²) in [7, 11) is 0. The molecule has 0 spiro atoms. The molecule has 2 aromatic carbocycles. The van der Waals surface area contributed by atoms with E-state index in [0.717, 1.165) is 22.4 Å². The predicted octanol–water partition coefficient (Wildman–Crippen LogP) is 4.21. The molecule has 3 aromatic rings. The third-order valence-electron chi connectivity index (χ3n) is 4.20. The first-order valence-corrected chi connectivity index (χ1v) is 8.44. The normalized spacial score (nSPS) is 10.6. The average molecular weight is 334 g/mol. The molecule has 0 unspecified atom stereocenters. The van der Waals surface area contributed by atoms with Crippen LogP contribution in [0.4, 0.5) is 0 Å². The van der Waals surface area contributed by atoms with E-state index < -0.39 is 0 Å². The quantitative estimate of drug-likeness (QED) is 0.735. The van der Waals surface area contributed by atoms with Gasteiger partial charge in [-0.15, -0.1) is 0 Å². The number of benzene rings is 2. The van der Waals surface area contributed by atoms with Crippen LogP contribution in [0, 0.1) is 13.8 Å². The number of carbonyl (C=O) groups excluding carboxylic acids is 1. The Bertz CT molecular complexity index is 833. The van der Waals surface area contributed by atoms with Gasteiger partial charge in [-0.1, -0.05) is 64.8 Å². The Labute approximate surface area is 147 Å². The van der Waals surface area contributed by atoms with Crippen LogP contribution in [0.25, 0.3) is 11.3 Å². The van der Waals surface area contributed by atoms with Crippen LogP contribution < -0.4 is 5.32 Å². The van der Waals surface area contributed by atoms with E-state index in [1.807, 2.05) is 62.4 Å². The van der Waals surface area contributed by atoms with Crippen LogP contribution in [-0.4, -0.2) is 11.1 Å². The van der Waals surface area contributed by atoms with Crippen molar-refractivity contribution in [3.05, 3.63) is 77.0 Å². The third-order valence-corrected chi connectivity index (χ3v) is 4.20. The van der Waals surface area contributed by atoms with Crippen molar-refractivity contribution < 1.29 is 9.32 Å². The molecule has 0 aliphatic carbocycles. The van der Waals surface area contributed by atoms with Crippen molar-refractivity contribution in [1.82, 2.24) is 10.5 Å². The summed E-state index contributed by atoms with van der Waals surface area (Å²) in [4.78, 5) is 12.1. The lowest BCUT2D eigenvalue weighted by Gasteiger charge is -2.06. The molecule has 0 atom stereocenters. The molecule has 0 fully saturated rings. The van der Waals surface area contributed by atoms with E-state index in [4.69, 9.17) is 4.52 Å². The fraction of sp³-hybridized carbons (Fsp3) is 0.238. The van der Waals surface area contributed by atoms with Gasteiger partial charge in [0.15, 0.2) is 0 Å². The second kappa shape index (κ2) is 7.79. The van der Waals surface area contributed by atoms with E-state index in [9.17, 15) is 4.79 Å². The monoisotopic (exact) mass is 334 g/mol. The SMILES string of the molecule is Cc1ccc(CNC(=O)CCc2conc2-c2ccc(C)cc2)cc1. The number of amides is 1. The summed E-state index contributed by atoms with van der Waals surface area (Å²) in [6, 6.07) is 16.3. The van der Waals surface area contributed by atoms with Crippen molar-refractivity contribution in [2.24, 2.45) is 0 Å². The van der Waals surface area contributed by atoms with Gasteiger partial charge in [-0.05, 0) is 25.8 Å². The summed E-state index contributed by atoms with van der Waals surface area (Å²) in [6.45, 7) is 4.65. The second-order valence-electron chi connectivity index (χ2n) is 6.32. The maximum Gasteiger partial charge on any atom is 0.220 e. The highest BCUT2D eigenvalue weighted by Gasteiger charge is 2.12. The van der Waals surface area contributed by atoms with Crippen LogP contribution >= 0.6 is 0 Å². The molecule has 128 valence electrons. The summed E-state index contributed by atoms with van der Waals surface area (Å²) < 4.78 is 5.12. The molecule has 0 saturated heterocycles. The van der Waals surface area contributed by atoms with Gasteiger partial charge in [-0.2, -0.15) is 0 Å². The molecule has 4 nitrogen and oxygen atoms in total. The highest BCUT2D eigenvalue weighted by Crippen LogP contribution is 2.23. The molecule has 1 N–H and O–H groups in total. The lowest BCUT2D eigenvalue weighted by atomic mass is 10.0. The smallest absolute Gasteiger partial charge is 0.220 e. The minimum absolute atomic E-state index is 0.0247. The van der Waals surface area contributed by atoms with Crippen LogP contribution in [0.5, 0.6) is 0 Å². The van der Waals surface area contributed by atoms with E-state index in [-0.39, 0.29) is 5.91 Å². The van der Waals surface area contributed by atoms with Crippen molar-refractivity contribution in [2.45, 2.75) is 33.2 Å². The maximum absolute atomic E-state index is 12.1. The minimum Gasteiger partial charge on any atom is -0.364 e. The molecule has 0 aliphatic rings. The van der Waals surface area contributed by atoms with Crippen molar-refractivity contribution in [1.29, 1.82) is 0 Å². The Morgan fingerprint density at radius 2 is 1.64 bits per heavy atom. The Balaban J connectivity index is 1.55. The molecule has 25 heavy (non-hydrogen) atoms. The van der Waals surface area contributed by atoms with Gasteiger partial charge in [0.25, 0.3) is 0 Å². The summed E-state index contributed by atoms with van der Waals surface area (Å²) >= 11 is 0. The molecule has 1 amide bonds. The molecular formula is C21H22N2O2. The summed E-state index contributed by atoms with van der Waals surface area (Å²) in [5, 5.41) is 7.05. The van der Waals surface area contributed by atoms with Crippen LogP contribution in [0.2, 0.25) is 0 Å². The van der Waals surface area contributed by atoms with Gasteiger partial charge < -0.3 is 9.84 Å². The largest absolute Gasteiger partial charge is 0.364 e. The molecule has 4 heteroatoms. The predicted molar refractivity (Wildman–Crippen MR) is 98.0 cm³/mol. The number of aryl methyl sites for hydroxylation is 3. The fourth-order valence-electron chi connectivity index (χ4n) is 2.63. The zero-order valence-electron chi connectivity index (χ0n) is 14.6. The average Bonchev–Trinajstić information content (AvgIpc) is 3.09. The minimum atomic E-state index is 0.0247. The first kappa shape index (κ1) is 17.0. The van der Waals surface area contributed by atoms with E-state index in [1.165, 1.54) is 11.1 Å². The zero-order chi connectivity index (χ0) is 17.6. The van der Waals surface area contributed by atoms with E-state index in [0.29, 0.717) is 19.4 Å². The van der Waals surface area contributed by atoms with Crippen molar-refractivity contribution in [3.63, 3.8) is 0 Å². The Morgan fingerprint density at radius 3 is 2.32 bits per heavy atom. The van der Waals surface area contributed by atoms with Gasteiger partial charge in [0, 0.05) is 24.1 Å². The molecule has 0 saturated carbocycles. The summed E-state index contributed by atoms with van der Waals surface area (Å²) in [5.41, 5.74) is 6.29. The number of rotatable bonds is 6. The van der Waals surface area contributed by atoms with Crippen molar-refractivity contribution in [3.8, 4) is 11.3 Å². The van der Waals surface area contributed by atoms with Gasteiger partial charge in [0.1, 0.15) is 12.0 Å². The first-order chi connectivity index (χ1) is 12.1. The highest BCUT2D eigenvalue weighted by molar-refractivity contribution is 5.76. The number of carbonyl (C=O) groups is 1. The molecule has 0 aliphatic heterocycles. The standard InChI is InChI=1S/C21H22N2O2/c1-15-3-7-17(8-4-15)13-22-20(24)12-11-19-14-25-23-21(19)18-9-5-16(2)6-10-18/h3-10,14H,11-13H2,1-2H3,(H,22,24). The Kier molecular flexibility index (Phi) is 5.29. The molecule has 1 heterocycles. The van der Waals surface area contributed by atoms with Crippen molar-refractivity contribution in [2.75, 3.05) is 0 Å². The van der Waals surface area contributed by atoms with Crippen LogP contribution in [-0.2, 0) is 17.8 Å². The number of nitrogens with zero attached hydrogens (tertiary/aromatic N) is 1. The highest BCUT2D eigenvalue weighted by atomic mass is 16.5. The topological polar surface area (TPSA) is 55.1 Å². The molecule has 0 radical (unpaired) electrons. The Hall–Kier alpha value is -2.88.